The molecule has 1 aromatic rings. The number of rotatable bonds is 1. The molecule has 1 saturated heterocycles. The largest absolute Gasteiger partial charge is 0.386 e. The van der Waals surface area contributed by atoms with Crippen LogP contribution < -0.4 is 0 Å². The summed E-state index contributed by atoms with van der Waals surface area (Å²) in [5, 5.41) is 9.58. The Morgan fingerprint density at radius 3 is 2.62 bits per heavy atom. The second kappa shape index (κ2) is 4.27. The van der Waals surface area contributed by atoms with Crippen molar-refractivity contribution in [3.8, 4) is 0 Å². The van der Waals surface area contributed by atoms with Crippen molar-refractivity contribution in [2.45, 2.75) is 12.5 Å². The van der Waals surface area contributed by atoms with E-state index in [9.17, 15) is 9.90 Å². The number of benzene rings is 1. The molecule has 0 aromatic heterocycles. The lowest BCUT2D eigenvalue weighted by atomic mass is 9.96. The van der Waals surface area contributed by atoms with E-state index in [4.69, 9.17) is 0 Å². The van der Waals surface area contributed by atoms with Gasteiger partial charge in [-0.15, -0.1) is 0 Å². The molecule has 1 aliphatic rings. The van der Waals surface area contributed by atoms with Gasteiger partial charge in [0.05, 0.1) is 18.7 Å². The van der Waals surface area contributed by atoms with E-state index in [-0.39, 0.29) is 5.91 Å². The Labute approximate surface area is 116 Å². The Bertz CT molecular complexity index is 419. The molecule has 3 nitrogen and oxygen atoms in total. The third-order valence-corrected chi connectivity index (χ3v) is 3.54. The highest BCUT2D eigenvalue weighted by Gasteiger charge is 2.39. The molecule has 0 bridgehead atoms. The molecule has 86 valence electrons. The minimum Gasteiger partial charge on any atom is -0.386 e. The zero-order chi connectivity index (χ0) is 11.9. The van der Waals surface area contributed by atoms with E-state index >= 15 is 0 Å². The van der Waals surface area contributed by atoms with Crippen LogP contribution in [0.4, 0.5) is 0 Å². The number of β-amino-alcohol motifs (C(OH)–C–C–N with tert-alkyl or cyclic N) is 1. The normalized spacial score (nSPS) is 18.1. The number of nitrogens with zero attached hydrogens (tertiary/aromatic N) is 1. The van der Waals surface area contributed by atoms with Gasteiger partial charge in [-0.2, -0.15) is 0 Å². The molecular formula is C11H11BrINO2. The molecule has 2 rings (SSSR count). The van der Waals surface area contributed by atoms with Crippen molar-refractivity contribution >= 4 is 44.4 Å². The maximum absolute atomic E-state index is 12.0. The van der Waals surface area contributed by atoms with Gasteiger partial charge < -0.3 is 10.0 Å². The van der Waals surface area contributed by atoms with Gasteiger partial charge in [0.25, 0.3) is 5.91 Å². The zero-order valence-electron chi connectivity index (χ0n) is 8.70. The maximum atomic E-state index is 12.0. The van der Waals surface area contributed by atoms with Gasteiger partial charge in [0.1, 0.15) is 0 Å². The summed E-state index contributed by atoms with van der Waals surface area (Å²) >= 11 is 5.54. The zero-order valence-corrected chi connectivity index (χ0v) is 12.4. The minimum absolute atomic E-state index is 0.0225. The molecule has 1 aromatic carbocycles. The summed E-state index contributed by atoms with van der Waals surface area (Å²) in [6, 6.07) is 5.60. The maximum Gasteiger partial charge on any atom is 0.254 e. The number of carbonyl (C=O) groups excluding carboxylic acids is 1. The van der Waals surface area contributed by atoms with Crippen LogP contribution in [0.1, 0.15) is 17.3 Å². The number of halogens is 2. The molecule has 0 saturated carbocycles. The molecule has 16 heavy (non-hydrogen) atoms. The highest BCUT2D eigenvalue weighted by Crippen LogP contribution is 2.24. The molecule has 0 unspecified atom stereocenters. The lowest BCUT2D eigenvalue weighted by Crippen LogP contribution is -2.61. The third kappa shape index (κ3) is 2.57. The van der Waals surface area contributed by atoms with Crippen LogP contribution in [0.3, 0.4) is 0 Å². The summed E-state index contributed by atoms with van der Waals surface area (Å²) in [7, 11) is 0. The average Bonchev–Trinajstić information content (AvgIpc) is 2.11. The first kappa shape index (κ1) is 12.3. The first-order valence-corrected chi connectivity index (χ1v) is 6.72. The van der Waals surface area contributed by atoms with Crippen LogP contribution in [0.25, 0.3) is 0 Å². The van der Waals surface area contributed by atoms with Crippen molar-refractivity contribution in [1.29, 1.82) is 0 Å². The van der Waals surface area contributed by atoms with Crippen molar-refractivity contribution in [2.75, 3.05) is 13.1 Å². The highest BCUT2D eigenvalue weighted by atomic mass is 127. The van der Waals surface area contributed by atoms with Crippen molar-refractivity contribution in [3.63, 3.8) is 0 Å². The average molecular weight is 396 g/mol. The van der Waals surface area contributed by atoms with E-state index in [1.165, 1.54) is 0 Å². The van der Waals surface area contributed by atoms with Crippen LogP contribution in [-0.4, -0.2) is 34.6 Å². The van der Waals surface area contributed by atoms with Gasteiger partial charge in [-0.3, -0.25) is 4.79 Å². The molecular weight excluding hydrogens is 385 g/mol. The molecule has 1 heterocycles. The summed E-state index contributed by atoms with van der Waals surface area (Å²) in [5.74, 6) is -0.0225. The van der Waals surface area contributed by atoms with Crippen LogP contribution in [0.2, 0.25) is 0 Å². The van der Waals surface area contributed by atoms with Crippen LogP contribution >= 0.6 is 38.5 Å². The Morgan fingerprint density at radius 1 is 1.50 bits per heavy atom. The molecule has 1 aliphatic heterocycles. The SMILES string of the molecule is CC1(O)CN(C(=O)c2cc(Br)cc(I)c2)C1. The van der Waals surface area contributed by atoms with Gasteiger partial charge in [-0.25, -0.2) is 0 Å². The summed E-state index contributed by atoms with van der Waals surface area (Å²) in [4.78, 5) is 13.7. The van der Waals surface area contributed by atoms with Crippen LogP contribution in [-0.2, 0) is 0 Å². The smallest absolute Gasteiger partial charge is 0.254 e. The number of hydrogen-bond acceptors (Lipinski definition) is 2. The van der Waals surface area contributed by atoms with E-state index in [0.717, 1.165) is 8.04 Å². The van der Waals surface area contributed by atoms with Gasteiger partial charge in [0.15, 0.2) is 0 Å². The topological polar surface area (TPSA) is 40.5 Å². The van der Waals surface area contributed by atoms with E-state index in [0.29, 0.717) is 18.7 Å². The number of amides is 1. The first-order chi connectivity index (χ1) is 7.37. The number of aliphatic hydroxyl groups is 1. The van der Waals surface area contributed by atoms with Gasteiger partial charge in [-0.05, 0) is 47.7 Å². The molecule has 0 aliphatic carbocycles. The monoisotopic (exact) mass is 395 g/mol. The fourth-order valence-corrected chi connectivity index (χ4v) is 3.37. The predicted molar refractivity (Wildman–Crippen MR) is 73.4 cm³/mol. The van der Waals surface area contributed by atoms with Gasteiger partial charge >= 0.3 is 0 Å². The summed E-state index contributed by atoms with van der Waals surface area (Å²) in [6.07, 6.45) is 0. The predicted octanol–water partition coefficient (Wildman–Crippen LogP) is 2.26. The molecule has 0 spiro atoms. The molecule has 1 fully saturated rings. The lowest BCUT2D eigenvalue weighted by molar-refractivity contribution is -0.0668. The van der Waals surface area contributed by atoms with Crippen LogP contribution in [0, 0.1) is 3.57 Å². The van der Waals surface area contributed by atoms with E-state index < -0.39 is 5.60 Å². The highest BCUT2D eigenvalue weighted by molar-refractivity contribution is 14.1. The van der Waals surface area contributed by atoms with Crippen molar-refractivity contribution in [3.05, 3.63) is 31.8 Å². The number of carbonyl (C=O) groups is 1. The van der Waals surface area contributed by atoms with Crippen molar-refractivity contribution in [2.24, 2.45) is 0 Å². The molecule has 1 amide bonds. The Balaban J connectivity index is 2.16. The van der Waals surface area contributed by atoms with Gasteiger partial charge in [-0.1, -0.05) is 15.9 Å². The molecule has 0 radical (unpaired) electrons. The van der Waals surface area contributed by atoms with Crippen LogP contribution in [0.5, 0.6) is 0 Å². The summed E-state index contributed by atoms with van der Waals surface area (Å²) in [6.45, 7) is 2.56. The van der Waals surface area contributed by atoms with E-state index in [1.807, 2.05) is 12.1 Å². The number of likely N-dealkylation sites (tertiary alicyclic amines) is 1. The Morgan fingerprint density at radius 2 is 2.12 bits per heavy atom. The lowest BCUT2D eigenvalue weighted by Gasteiger charge is -2.44. The van der Waals surface area contributed by atoms with Crippen molar-refractivity contribution < 1.29 is 9.90 Å². The molecule has 1 N–H and O–H groups in total. The second-order valence-corrected chi connectivity index (χ2v) is 6.48. The molecule has 5 heteroatoms. The molecule has 0 atom stereocenters. The van der Waals surface area contributed by atoms with Crippen LogP contribution in [0.15, 0.2) is 22.7 Å². The Hall–Kier alpha value is -0.140. The van der Waals surface area contributed by atoms with E-state index in [2.05, 4.69) is 38.5 Å². The minimum atomic E-state index is -0.713. The van der Waals surface area contributed by atoms with Crippen molar-refractivity contribution in [1.82, 2.24) is 4.90 Å². The van der Waals surface area contributed by atoms with Gasteiger partial charge in [0.2, 0.25) is 0 Å². The fraction of sp³-hybridized carbons (Fsp3) is 0.364. The Kier molecular flexibility index (Phi) is 3.29. The third-order valence-electron chi connectivity index (χ3n) is 2.46. The van der Waals surface area contributed by atoms with E-state index in [1.54, 1.807) is 17.9 Å². The van der Waals surface area contributed by atoms with Gasteiger partial charge in [0, 0.05) is 13.6 Å². The summed E-state index contributed by atoms with van der Waals surface area (Å²) in [5.41, 5.74) is -0.0521. The standard InChI is InChI=1S/C11H11BrINO2/c1-11(16)5-14(6-11)10(15)7-2-8(12)4-9(13)3-7/h2-4,16H,5-6H2,1H3. The fourth-order valence-electron chi connectivity index (χ4n) is 1.78. The number of hydrogen-bond donors (Lipinski definition) is 1. The first-order valence-electron chi connectivity index (χ1n) is 4.85. The quantitative estimate of drug-likeness (QED) is 0.741. The summed E-state index contributed by atoms with van der Waals surface area (Å²) < 4.78 is 1.91. The second-order valence-electron chi connectivity index (χ2n) is 4.32.